The molecule has 0 spiro atoms. The molecule has 1 N–H and O–H groups in total. The minimum atomic E-state index is -0.210. The van der Waals surface area contributed by atoms with Crippen LogP contribution in [0, 0.1) is 0 Å². The molecule has 2 nitrogen and oxygen atoms in total. The quantitative estimate of drug-likeness (QED) is 0.842. The maximum absolute atomic E-state index is 10.0. The lowest BCUT2D eigenvalue weighted by molar-refractivity contribution is 0.117. The number of nitrogens with zero attached hydrogens (tertiary/aromatic N) is 1. The van der Waals surface area contributed by atoms with Gasteiger partial charge in [-0.1, -0.05) is 24.6 Å². The molecule has 4 heteroatoms. The summed E-state index contributed by atoms with van der Waals surface area (Å²) in [4.78, 5) is 3.63. The van der Waals surface area contributed by atoms with Crippen LogP contribution < -0.4 is 0 Å². The zero-order chi connectivity index (χ0) is 11.9. The first kappa shape index (κ1) is 15.8. The van der Waals surface area contributed by atoms with Crippen LogP contribution >= 0.6 is 24.2 Å². The van der Waals surface area contributed by atoms with Gasteiger partial charge in [-0.05, 0) is 38.1 Å². The van der Waals surface area contributed by atoms with Gasteiger partial charge in [0.15, 0.2) is 0 Å². The van der Waals surface area contributed by atoms with Crippen molar-refractivity contribution >= 4 is 24.2 Å². The summed E-state index contributed by atoms with van der Waals surface area (Å²) in [7, 11) is 0. The van der Waals surface area contributed by atoms with Gasteiger partial charge < -0.3 is 10.0 Å². The fourth-order valence-corrected chi connectivity index (χ4v) is 3.04. The fourth-order valence-electron chi connectivity index (χ4n) is 2.20. The van der Waals surface area contributed by atoms with Gasteiger partial charge in [0.25, 0.3) is 0 Å². The molecule has 0 aromatic heterocycles. The molecule has 102 valence electrons. The van der Waals surface area contributed by atoms with E-state index in [0.29, 0.717) is 0 Å². The van der Waals surface area contributed by atoms with E-state index in [4.69, 9.17) is 0 Å². The van der Waals surface area contributed by atoms with Crippen molar-refractivity contribution < 1.29 is 5.11 Å². The Morgan fingerprint density at radius 1 is 1.11 bits per heavy atom. The first-order chi connectivity index (χ1) is 8.34. The summed E-state index contributed by atoms with van der Waals surface area (Å²) in [5, 5.41) is 10.0. The second-order valence-corrected chi connectivity index (χ2v) is 5.73. The van der Waals surface area contributed by atoms with Gasteiger partial charge in [-0.3, -0.25) is 0 Å². The molecule has 1 aromatic rings. The van der Waals surface area contributed by atoms with Gasteiger partial charge in [-0.25, -0.2) is 0 Å². The predicted octanol–water partition coefficient (Wildman–Crippen LogP) is 3.05. The van der Waals surface area contributed by atoms with Gasteiger partial charge in [-0.2, -0.15) is 0 Å². The predicted molar refractivity (Wildman–Crippen MR) is 80.7 cm³/mol. The van der Waals surface area contributed by atoms with E-state index < -0.39 is 0 Å². The van der Waals surface area contributed by atoms with E-state index in [-0.39, 0.29) is 18.5 Å². The van der Waals surface area contributed by atoms with Crippen molar-refractivity contribution in [2.75, 3.05) is 25.4 Å². The minimum absolute atomic E-state index is 0. The van der Waals surface area contributed by atoms with E-state index in [1.807, 2.05) is 18.2 Å². The van der Waals surface area contributed by atoms with Crippen LogP contribution in [0.1, 0.15) is 19.3 Å². The van der Waals surface area contributed by atoms with E-state index in [1.54, 1.807) is 11.8 Å². The van der Waals surface area contributed by atoms with Crippen LogP contribution in [0.15, 0.2) is 35.2 Å². The Balaban J connectivity index is 0.00000162. The van der Waals surface area contributed by atoms with Crippen molar-refractivity contribution in [3.63, 3.8) is 0 Å². The van der Waals surface area contributed by atoms with Gasteiger partial charge in [-0.15, -0.1) is 24.2 Å². The standard InChI is InChI=1S/C14H21NOS.ClH/c16-13(11-15-9-5-2-6-10-15)12-17-14-7-3-1-4-8-14;/h1,3-4,7-8,13,16H,2,5-6,9-12H2;1H. The van der Waals surface area contributed by atoms with Gasteiger partial charge in [0.05, 0.1) is 6.10 Å². The molecule has 0 radical (unpaired) electrons. The number of piperidine rings is 1. The summed E-state index contributed by atoms with van der Waals surface area (Å²) < 4.78 is 0. The minimum Gasteiger partial charge on any atom is -0.391 e. The van der Waals surface area contributed by atoms with Crippen LogP contribution in [-0.4, -0.2) is 41.5 Å². The molecule has 18 heavy (non-hydrogen) atoms. The van der Waals surface area contributed by atoms with Crippen LogP contribution in [0.5, 0.6) is 0 Å². The van der Waals surface area contributed by atoms with Crippen molar-refractivity contribution in [3.8, 4) is 0 Å². The normalized spacial score (nSPS) is 18.1. The number of halogens is 1. The second kappa shape index (κ2) is 8.81. The number of benzene rings is 1. The number of thioether (sulfide) groups is 1. The van der Waals surface area contributed by atoms with Crippen LogP contribution in [-0.2, 0) is 0 Å². The van der Waals surface area contributed by atoms with Crippen molar-refractivity contribution in [2.24, 2.45) is 0 Å². The summed E-state index contributed by atoms with van der Waals surface area (Å²) in [5.41, 5.74) is 0. The Bertz CT molecular complexity index is 317. The van der Waals surface area contributed by atoms with Gasteiger partial charge >= 0.3 is 0 Å². The average Bonchev–Trinajstić information content (AvgIpc) is 2.39. The first-order valence-electron chi connectivity index (χ1n) is 6.43. The maximum Gasteiger partial charge on any atom is 0.0760 e. The third kappa shape index (κ3) is 5.61. The van der Waals surface area contributed by atoms with E-state index >= 15 is 0 Å². The monoisotopic (exact) mass is 287 g/mol. The van der Waals surface area contributed by atoms with Crippen LogP contribution in [0.4, 0.5) is 0 Å². The fraction of sp³-hybridized carbons (Fsp3) is 0.571. The summed E-state index contributed by atoms with van der Waals surface area (Å²) in [6.45, 7) is 3.15. The number of hydrogen-bond donors (Lipinski definition) is 1. The molecule has 2 rings (SSSR count). The van der Waals surface area contributed by atoms with Gasteiger partial charge in [0.1, 0.15) is 0 Å². The number of β-amino-alcohol motifs (C(OH)–C–C–N with tert-alkyl or cyclic N) is 1. The van der Waals surface area contributed by atoms with Gasteiger partial charge in [0, 0.05) is 17.2 Å². The number of likely N-dealkylation sites (tertiary alicyclic amines) is 1. The summed E-state index contributed by atoms with van der Waals surface area (Å²) in [5.74, 6) is 0.792. The molecule has 1 atom stereocenters. The number of aliphatic hydroxyl groups is 1. The molecular formula is C14H22ClNOS. The lowest BCUT2D eigenvalue weighted by Crippen LogP contribution is -2.37. The molecule has 1 heterocycles. The SMILES string of the molecule is Cl.OC(CSc1ccccc1)CN1CCCCC1. The molecule has 1 saturated heterocycles. The summed E-state index contributed by atoms with van der Waals surface area (Å²) in [6.07, 6.45) is 3.72. The van der Waals surface area contributed by atoms with Crippen LogP contribution in [0.2, 0.25) is 0 Å². The molecule has 0 bridgehead atoms. The first-order valence-corrected chi connectivity index (χ1v) is 7.41. The lowest BCUT2D eigenvalue weighted by atomic mass is 10.1. The van der Waals surface area contributed by atoms with Crippen LogP contribution in [0.25, 0.3) is 0 Å². The molecule has 0 amide bonds. The summed E-state index contributed by atoms with van der Waals surface area (Å²) >= 11 is 1.74. The zero-order valence-electron chi connectivity index (χ0n) is 10.6. The maximum atomic E-state index is 10.0. The molecule has 1 aromatic carbocycles. The lowest BCUT2D eigenvalue weighted by Gasteiger charge is -2.28. The zero-order valence-corrected chi connectivity index (χ0v) is 12.3. The molecule has 0 saturated carbocycles. The largest absolute Gasteiger partial charge is 0.391 e. The highest BCUT2D eigenvalue weighted by atomic mass is 35.5. The third-order valence-corrected chi connectivity index (χ3v) is 4.26. The molecule has 1 aliphatic heterocycles. The van der Waals surface area contributed by atoms with E-state index in [2.05, 4.69) is 17.0 Å². The van der Waals surface area contributed by atoms with E-state index in [9.17, 15) is 5.11 Å². The Kier molecular flexibility index (Phi) is 7.75. The molecular weight excluding hydrogens is 266 g/mol. The number of hydrogen-bond acceptors (Lipinski definition) is 3. The smallest absolute Gasteiger partial charge is 0.0760 e. The Morgan fingerprint density at radius 3 is 2.44 bits per heavy atom. The molecule has 0 aliphatic carbocycles. The van der Waals surface area contributed by atoms with Crippen molar-refractivity contribution in [3.05, 3.63) is 30.3 Å². The Morgan fingerprint density at radius 2 is 1.78 bits per heavy atom. The highest BCUT2D eigenvalue weighted by Crippen LogP contribution is 2.18. The highest BCUT2D eigenvalue weighted by molar-refractivity contribution is 7.99. The van der Waals surface area contributed by atoms with E-state index in [0.717, 1.165) is 25.4 Å². The van der Waals surface area contributed by atoms with Crippen molar-refractivity contribution in [1.82, 2.24) is 4.90 Å². The second-order valence-electron chi connectivity index (χ2n) is 4.64. The number of aliphatic hydroxyl groups excluding tert-OH is 1. The molecule has 1 aliphatic rings. The van der Waals surface area contributed by atoms with Crippen molar-refractivity contribution in [1.29, 1.82) is 0 Å². The summed E-state index contributed by atoms with van der Waals surface area (Å²) in [6, 6.07) is 10.3. The van der Waals surface area contributed by atoms with Gasteiger partial charge in [0.2, 0.25) is 0 Å². The Labute approximate surface area is 120 Å². The van der Waals surface area contributed by atoms with E-state index in [1.165, 1.54) is 24.2 Å². The number of rotatable bonds is 5. The topological polar surface area (TPSA) is 23.5 Å². The molecule has 1 fully saturated rings. The average molecular weight is 288 g/mol. The van der Waals surface area contributed by atoms with Crippen LogP contribution in [0.3, 0.4) is 0 Å². The third-order valence-electron chi connectivity index (χ3n) is 3.10. The molecule has 1 unspecified atom stereocenters. The Hall–Kier alpha value is -0.220. The highest BCUT2D eigenvalue weighted by Gasteiger charge is 2.14. The van der Waals surface area contributed by atoms with Crippen molar-refractivity contribution in [2.45, 2.75) is 30.3 Å².